The molecule has 8 aromatic rings. The summed E-state index contributed by atoms with van der Waals surface area (Å²) in [5.41, 5.74) is 11.2. The molecule has 0 aliphatic heterocycles. The number of rotatable bonds is 6. The summed E-state index contributed by atoms with van der Waals surface area (Å²) >= 11 is -1.86. The van der Waals surface area contributed by atoms with Gasteiger partial charge in [-0.1, -0.05) is 56.0 Å². The number of hydrogen-bond donors (Lipinski definition) is 0. The van der Waals surface area contributed by atoms with Gasteiger partial charge in [-0.3, -0.25) is 4.98 Å². The molecule has 4 aromatic heterocycles. The van der Waals surface area contributed by atoms with E-state index in [4.69, 9.17) is 14.4 Å². The van der Waals surface area contributed by atoms with Crippen molar-refractivity contribution in [3.05, 3.63) is 138 Å². The second-order valence-corrected chi connectivity index (χ2v) is 27.0. The number of pyridine rings is 2. The van der Waals surface area contributed by atoms with Crippen molar-refractivity contribution in [1.29, 1.82) is 0 Å². The van der Waals surface area contributed by atoms with Crippen LogP contribution in [-0.4, -0.2) is 32.8 Å². The minimum absolute atomic E-state index is 0. The van der Waals surface area contributed by atoms with Gasteiger partial charge in [-0.2, -0.15) is 0 Å². The first-order valence-electron chi connectivity index (χ1n) is 18.5. The molecule has 0 spiro atoms. The van der Waals surface area contributed by atoms with Crippen molar-refractivity contribution in [3.63, 3.8) is 0 Å². The van der Waals surface area contributed by atoms with Gasteiger partial charge in [0.1, 0.15) is 0 Å². The number of fused-ring (bicyclic) bond motifs is 4. The van der Waals surface area contributed by atoms with Crippen LogP contribution < -0.4 is 4.40 Å². The van der Waals surface area contributed by atoms with Gasteiger partial charge in [-0.25, -0.2) is 4.98 Å². The molecule has 0 fully saturated rings. The van der Waals surface area contributed by atoms with Gasteiger partial charge in [-0.05, 0) is 54.3 Å². The number of nitrogens with zero attached hydrogens (tertiary/aromatic N) is 4. The van der Waals surface area contributed by atoms with Crippen LogP contribution in [0.25, 0.3) is 61.4 Å². The van der Waals surface area contributed by atoms with Crippen molar-refractivity contribution in [2.24, 2.45) is 5.92 Å². The molecular formula is C47H48GeIrN4O-2. The maximum absolute atomic E-state index is 6.27. The molecule has 0 amide bonds. The van der Waals surface area contributed by atoms with Gasteiger partial charge in [0.25, 0.3) is 0 Å². The summed E-state index contributed by atoms with van der Waals surface area (Å²) in [6, 6.07) is 42.1. The number of hydrogen-bond acceptors (Lipinski definition) is 4. The third-order valence-corrected chi connectivity index (χ3v) is 14.0. The fourth-order valence-corrected chi connectivity index (χ4v) is 10.3. The Kier molecular flexibility index (Phi) is 11.5. The summed E-state index contributed by atoms with van der Waals surface area (Å²) in [5, 5.41) is 2.02. The predicted molar refractivity (Wildman–Crippen MR) is 224 cm³/mol. The van der Waals surface area contributed by atoms with Gasteiger partial charge in [0.05, 0.1) is 22.4 Å². The summed E-state index contributed by atoms with van der Waals surface area (Å²) in [6.45, 7) is 13.2. The maximum atomic E-state index is 6.27. The molecule has 0 unspecified atom stereocenters. The van der Waals surface area contributed by atoms with Crippen molar-refractivity contribution < 1.29 is 24.5 Å². The topological polar surface area (TPSA) is 56.7 Å². The molecular weight excluding hydrogens is 901 g/mol. The van der Waals surface area contributed by atoms with E-state index in [-0.39, 0.29) is 25.5 Å². The molecule has 277 valence electrons. The Labute approximate surface area is 336 Å². The molecule has 8 rings (SSSR count). The quantitative estimate of drug-likeness (QED) is 0.123. The number of benzene rings is 4. The minimum Gasteiger partial charge on any atom is -0.486 e. The maximum Gasteiger partial charge on any atom is 0.216 e. The first-order valence-corrected chi connectivity index (χ1v) is 25.9. The number of imidazole rings is 1. The van der Waals surface area contributed by atoms with Crippen LogP contribution in [0.4, 0.5) is 0 Å². The molecule has 54 heavy (non-hydrogen) atoms. The van der Waals surface area contributed by atoms with Crippen LogP contribution in [0.15, 0.2) is 114 Å². The fourth-order valence-electron chi connectivity index (χ4n) is 6.93. The van der Waals surface area contributed by atoms with Crippen molar-refractivity contribution in [1.82, 2.24) is 19.5 Å². The standard InChI is InChI=1S/C29H24N3O.C18H24GeN.Ir/c1-18-12-17-22-21-8-7-9-23(26(21)33-28(22)30-18)27-31-24-10-5-6-11-25(24)32(27)20-15-13-19(14-16-20)29(2,3)4;1-14(2)11-16-12-18(15-9-7-6-8-10-15)20-13-17(16)19(3,4)5;/h5-8,10-17H,1-4H3;6-9,12-14H,11H2,1-5H3;/q2*-1;. The van der Waals surface area contributed by atoms with E-state index in [1.165, 1.54) is 11.1 Å². The molecule has 0 aliphatic carbocycles. The Bertz CT molecular complexity index is 2540. The van der Waals surface area contributed by atoms with E-state index in [0.717, 1.165) is 67.8 Å². The van der Waals surface area contributed by atoms with E-state index in [1.807, 2.05) is 61.5 Å². The molecule has 1 radical (unpaired) electrons. The van der Waals surface area contributed by atoms with E-state index in [2.05, 4.69) is 128 Å². The molecule has 0 bridgehead atoms. The van der Waals surface area contributed by atoms with E-state index >= 15 is 0 Å². The van der Waals surface area contributed by atoms with Crippen LogP contribution in [0, 0.1) is 25.0 Å². The molecule has 4 aromatic carbocycles. The third-order valence-electron chi connectivity index (χ3n) is 9.62. The molecule has 0 aliphatic rings. The molecule has 0 saturated carbocycles. The van der Waals surface area contributed by atoms with E-state index in [0.29, 0.717) is 11.6 Å². The largest absolute Gasteiger partial charge is 0.486 e. The predicted octanol–water partition coefficient (Wildman–Crippen LogP) is 11.7. The fraction of sp³-hybridized carbons (Fsp3) is 0.255. The molecule has 0 N–H and O–H groups in total. The van der Waals surface area contributed by atoms with E-state index < -0.39 is 13.3 Å². The van der Waals surface area contributed by atoms with Crippen molar-refractivity contribution in [3.8, 4) is 28.3 Å². The average molecular weight is 950 g/mol. The molecule has 7 heteroatoms. The molecule has 5 nitrogen and oxygen atoms in total. The third kappa shape index (κ3) is 8.17. The van der Waals surface area contributed by atoms with Crippen LogP contribution in [0.5, 0.6) is 0 Å². The first-order chi connectivity index (χ1) is 25.3. The van der Waals surface area contributed by atoms with Crippen molar-refractivity contribution in [2.45, 2.75) is 70.6 Å². The summed E-state index contributed by atoms with van der Waals surface area (Å²) < 4.78 is 10.0. The Hall–Kier alpha value is -4.36. The monoisotopic (exact) mass is 951 g/mol. The second-order valence-electron chi connectivity index (χ2n) is 16.4. The molecule has 0 atom stereocenters. The second kappa shape index (κ2) is 15.8. The van der Waals surface area contributed by atoms with Crippen molar-refractivity contribution in [2.75, 3.05) is 0 Å². The van der Waals surface area contributed by atoms with Gasteiger partial charge in [0, 0.05) is 36.9 Å². The number of para-hydroxylation sites is 2. The smallest absolute Gasteiger partial charge is 0.216 e. The minimum atomic E-state index is -1.86. The van der Waals surface area contributed by atoms with Crippen LogP contribution in [0.3, 0.4) is 0 Å². The van der Waals surface area contributed by atoms with Gasteiger partial charge < -0.3 is 8.98 Å². The zero-order valence-electron chi connectivity index (χ0n) is 32.7. The Morgan fingerprint density at radius 1 is 0.815 bits per heavy atom. The Morgan fingerprint density at radius 2 is 1.56 bits per heavy atom. The summed E-state index contributed by atoms with van der Waals surface area (Å²) in [5.74, 6) is 8.80. The first kappa shape index (κ1) is 39.3. The Balaban J connectivity index is 0.000000205. The normalized spacial score (nSPS) is 11.9. The van der Waals surface area contributed by atoms with E-state index in [9.17, 15) is 0 Å². The summed E-state index contributed by atoms with van der Waals surface area (Å²) in [7, 11) is 0. The average Bonchev–Trinajstić information content (AvgIpc) is 3.69. The molecule has 4 heterocycles. The molecule has 0 saturated heterocycles. The SMILES string of the molecule is CC(C)Cc1cc(-c2[c-]cccc2)nc[c]1[Ge]([CH3])([CH3])[CH3].Cc1ccc2c(n1)oc1c(-c3nc4ccccc4n3-c3ccc(C(C)(C)C)cc3)[c-]ccc12.[Ir]. The Morgan fingerprint density at radius 3 is 2.24 bits per heavy atom. The van der Waals surface area contributed by atoms with Crippen molar-refractivity contribution >= 4 is 50.8 Å². The van der Waals surface area contributed by atoms with Gasteiger partial charge in [0.2, 0.25) is 5.71 Å². The number of furan rings is 1. The van der Waals surface area contributed by atoms with Crippen LogP contribution in [0.2, 0.25) is 17.3 Å². The zero-order valence-corrected chi connectivity index (χ0v) is 37.2. The van der Waals surface area contributed by atoms with E-state index in [1.54, 1.807) is 4.40 Å². The van der Waals surface area contributed by atoms with Gasteiger partial charge in [-0.15, -0.1) is 18.2 Å². The van der Waals surface area contributed by atoms with Crippen LogP contribution >= 0.6 is 0 Å². The number of aromatic nitrogens is 4. The number of aryl methyl sites for hydroxylation is 1. The van der Waals surface area contributed by atoms with Gasteiger partial charge in [0.15, 0.2) is 0 Å². The van der Waals surface area contributed by atoms with Gasteiger partial charge >= 0.3 is 126 Å². The van der Waals surface area contributed by atoms with Crippen LogP contribution in [-0.2, 0) is 31.9 Å². The van der Waals surface area contributed by atoms with Crippen LogP contribution in [0.1, 0.15) is 51.4 Å². The summed E-state index contributed by atoms with van der Waals surface area (Å²) in [4.78, 5) is 14.3. The summed E-state index contributed by atoms with van der Waals surface area (Å²) in [6.07, 6.45) is 3.27. The zero-order chi connectivity index (χ0) is 37.5.